The first-order valence-corrected chi connectivity index (χ1v) is 11.9. The van der Waals surface area contributed by atoms with E-state index < -0.39 is 46.4 Å². The Bertz CT molecular complexity index is 1310. The van der Waals surface area contributed by atoms with Crippen LogP contribution in [0.25, 0.3) is 0 Å². The highest BCUT2D eigenvalue weighted by Gasteiger charge is 2.46. The zero-order valence-corrected chi connectivity index (χ0v) is 20.6. The summed E-state index contributed by atoms with van der Waals surface area (Å²) >= 11 is 0. The molecule has 2 heterocycles. The van der Waals surface area contributed by atoms with Crippen LogP contribution in [0.4, 0.5) is 26.3 Å². The van der Waals surface area contributed by atoms with Gasteiger partial charge in [-0.15, -0.1) is 0 Å². The van der Waals surface area contributed by atoms with E-state index in [2.05, 4.69) is 20.7 Å². The Hall–Kier alpha value is -3.52. The lowest BCUT2D eigenvalue weighted by Gasteiger charge is -2.47. The van der Waals surface area contributed by atoms with Crippen LogP contribution in [0.1, 0.15) is 48.1 Å². The SMILES string of the molecule is C[C@@H](OC[C@@]1(c2ccccc2)CC[C@@](CN=O)(n2cn[nH]c2=O)CN1)c1cc(C(F)(F)F)cc(C(F)(F)F)c1. The van der Waals surface area contributed by atoms with Crippen LogP contribution in [0.15, 0.2) is 64.8 Å². The molecule has 3 aromatic rings. The lowest BCUT2D eigenvalue weighted by molar-refractivity contribution is -0.143. The van der Waals surface area contributed by atoms with Crippen LogP contribution in [0.2, 0.25) is 0 Å². The van der Waals surface area contributed by atoms with Gasteiger partial charge in [0, 0.05) is 6.54 Å². The summed E-state index contributed by atoms with van der Waals surface area (Å²) in [5, 5.41) is 12.4. The minimum absolute atomic E-state index is 0.0723. The number of halogens is 6. The molecular weight excluding hydrogens is 532 g/mol. The molecule has 1 aliphatic heterocycles. The van der Waals surface area contributed by atoms with Crippen LogP contribution in [0.5, 0.6) is 0 Å². The van der Waals surface area contributed by atoms with Crippen molar-refractivity contribution < 1.29 is 31.1 Å². The van der Waals surface area contributed by atoms with E-state index >= 15 is 0 Å². The molecule has 14 heteroatoms. The molecule has 0 radical (unpaired) electrons. The third-order valence-corrected chi connectivity index (χ3v) is 7.18. The number of benzene rings is 2. The quantitative estimate of drug-likeness (QED) is 0.296. The van der Waals surface area contributed by atoms with Gasteiger partial charge in [0.25, 0.3) is 0 Å². The average molecular weight is 557 g/mol. The summed E-state index contributed by atoms with van der Waals surface area (Å²) in [6.07, 6.45) is -9.24. The zero-order valence-electron chi connectivity index (χ0n) is 20.6. The fourth-order valence-corrected chi connectivity index (χ4v) is 4.87. The van der Waals surface area contributed by atoms with Crippen LogP contribution in [-0.4, -0.2) is 34.5 Å². The van der Waals surface area contributed by atoms with Crippen molar-refractivity contribution in [3.8, 4) is 0 Å². The maximum Gasteiger partial charge on any atom is 0.416 e. The van der Waals surface area contributed by atoms with Gasteiger partial charge >= 0.3 is 18.0 Å². The number of hydrogen-bond donors (Lipinski definition) is 2. The summed E-state index contributed by atoms with van der Waals surface area (Å²) in [6.45, 7) is 1.11. The third kappa shape index (κ3) is 5.91. The Labute approximate surface area is 218 Å². The Morgan fingerprint density at radius 1 is 1.05 bits per heavy atom. The van der Waals surface area contributed by atoms with E-state index in [1.54, 1.807) is 18.2 Å². The van der Waals surface area contributed by atoms with Crippen molar-refractivity contribution in [1.82, 2.24) is 20.1 Å². The topological polar surface area (TPSA) is 101 Å². The first kappa shape index (κ1) is 28.5. The van der Waals surface area contributed by atoms with Crippen molar-refractivity contribution in [3.05, 3.63) is 92.5 Å². The van der Waals surface area contributed by atoms with Gasteiger partial charge in [-0.05, 0) is 49.1 Å². The molecule has 0 saturated carbocycles. The first-order valence-electron chi connectivity index (χ1n) is 11.9. The Balaban J connectivity index is 1.63. The van der Waals surface area contributed by atoms with E-state index in [1.165, 1.54) is 17.8 Å². The summed E-state index contributed by atoms with van der Waals surface area (Å²) in [5.41, 5.74) is -4.85. The maximum atomic E-state index is 13.4. The minimum Gasteiger partial charge on any atom is -0.372 e. The smallest absolute Gasteiger partial charge is 0.372 e. The number of aromatic amines is 1. The molecular formula is C25H25F6N5O3. The maximum absolute atomic E-state index is 13.4. The predicted molar refractivity (Wildman–Crippen MR) is 128 cm³/mol. The third-order valence-electron chi connectivity index (χ3n) is 7.18. The van der Waals surface area contributed by atoms with Gasteiger partial charge in [0.05, 0.1) is 34.9 Å². The van der Waals surface area contributed by atoms with Crippen molar-refractivity contribution >= 4 is 0 Å². The molecule has 1 aromatic heterocycles. The van der Waals surface area contributed by atoms with Gasteiger partial charge in [-0.1, -0.05) is 35.5 Å². The largest absolute Gasteiger partial charge is 0.416 e. The van der Waals surface area contributed by atoms with Crippen LogP contribution >= 0.6 is 0 Å². The molecule has 0 spiro atoms. The summed E-state index contributed by atoms with van der Waals surface area (Å²) in [5.74, 6) is 0. The number of rotatable bonds is 8. The second-order valence-electron chi connectivity index (χ2n) is 9.64. The number of piperidine rings is 1. The normalized spacial score (nSPS) is 22.9. The van der Waals surface area contributed by atoms with E-state index in [0.717, 1.165) is 5.56 Å². The molecule has 0 aliphatic carbocycles. The van der Waals surface area contributed by atoms with E-state index in [1.807, 2.05) is 12.1 Å². The van der Waals surface area contributed by atoms with Gasteiger partial charge in [0.2, 0.25) is 0 Å². The van der Waals surface area contributed by atoms with Crippen LogP contribution in [-0.2, 0) is 28.2 Å². The van der Waals surface area contributed by atoms with Crippen molar-refractivity contribution in [2.45, 2.75) is 49.3 Å². The molecule has 1 saturated heterocycles. The fourth-order valence-electron chi connectivity index (χ4n) is 4.87. The number of ether oxygens (including phenoxy) is 1. The highest BCUT2D eigenvalue weighted by Crippen LogP contribution is 2.40. The van der Waals surface area contributed by atoms with E-state index in [9.17, 15) is 36.0 Å². The van der Waals surface area contributed by atoms with Crippen molar-refractivity contribution in [1.29, 1.82) is 0 Å². The average Bonchev–Trinajstić information content (AvgIpc) is 3.34. The van der Waals surface area contributed by atoms with E-state index in [0.29, 0.717) is 18.6 Å². The van der Waals surface area contributed by atoms with Gasteiger partial charge in [-0.25, -0.2) is 9.89 Å². The number of aromatic nitrogens is 3. The molecule has 1 aliphatic rings. The fraction of sp³-hybridized carbons (Fsp3) is 0.440. The Morgan fingerprint density at radius 2 is 1.69 bits per heavy atom. The minimum atomic E-state index is -4.98. The highest BCUT2D eigenvalue weighted by atomic mass is 19.4. The molecule has 0 amide bonds. The molecule has 8 nitrogen and oxygen atoms in total. The van der Waals surface area contributed by atoms with Crippen molar-refractivity contribution in [2.24, 2.45) is 5.18 Å². The molecule has 2 N–H and O–H groups in total. The van der Waals surface area contributed by atoms with Gasteiger partial charge in [-0.2, -0.15) is 36.3 Å². The summed E-state index contributed by atoms with van der Waals surface area (Å²) in [4.78, 5) is 23.6. The molecule has 210 valence electrons. The monoisotopic (exact) mass is 557 g/mol. The number of H-pyrrole nitrogens is 1. The number of nitroso groups, excluding NO2 is 1. The number of nitrogens with one attached hydrogen (secondary N) is 2. The molecule has 0 bridgehead atoms. The Kier molecular flexibility index (Phi) is 7.72. The van der Waals surface area contributed by atoms with Crippen LogP contribution < -0.4 is 11.0 Å². The molecule has 2 aromatic carbocycles. The van der Waals surface area contributed by atoms with Gasteiger partial charge < -0.3 is 10.1 Å². The number of alkyl halides is 6. The predicted octanol–water partition coefficient (Wildman–Crippen LogP) is 5.13. The van der Waals surface area contributed by atoms with Gasteiger partial charge in [0.15, 0.2) is 0 Å². The second-order valence-corrected chi connectivity index (χ2v) is 9.64. The highest BCUT2D eigenvalue weighted by molar-refractivity contribution is 5.35. The Morgan fingerprint density at radius 3 is 2.18 bits per heavy atom. The van der Waals surface area contributed by atoms with E-state index in [-0.39, 0.29) is 37.7 Å². The second kappa shape index (κ2) is 10.6. The van der Waals surface area contributed by atoms with Crippen LogP contribution in [0.3, 0.4) is 0 Å². The molecule has 4 rings (SSSR count). The van der Waals surface area contributed by atoms with Crippen LogP contribution in [0, 0.1) is 4.91 Å². The molecule has 0 unspecified atom stereocenters. The number of nitrogens with zero attached hydrogens (tertiary/aromatic N) is 3. The lowest BCUT2D eigenvalue weighted by Crippen LogP contribution is -2.61. The zero-order chi connectivity index (χ0) is 28.5. The lowest BCUT2D eigenvalue weighted by atomic mass is 9.76. The number of hydrogen-bond acceptors (Lipinski definition) is 6. The van der Waals surface area contributed by atoms with Crippen molar-refractivity contribution in [3.63, 3.8) is 0 Å². The van der Waals surface area contributed by atoms with E-state index in [4.69, 9.17) is 4.74 Å². The molecule has 1 fully saturated rings. The molecule has 39 heavy (non-hydrogen) atoms. The van der Waals surface area contributed by atoms with Crippen molar-refractivity contribution in [2.75, 3.05) is 19.7 Å². The molecule has 3 atom stereocenters. The standard InChI is InChI=1S/C25H25F6N5O3/c1-16(17-9-19(24(26,27)28)11-20(10-17)25(29,30)31)39-14-23(18-5-3-2-4-6-18)8-7-22(12-32-23,13-34-38)36-15-33-35-21(36)37/h2-6,9-11,15-16,32H,7-8,12-14H2,1H3,(H,35,37)/t16-,22-,23-/m1/s1. The summed E-state index contributed by atoms with van der Waals surface area (Å²) in [7, 11) is 0. The first-order chi connectivity index (χ1) is 18.3. The van der Waals surface area contributed by atoms with Gasteiger partial charge in [-0.3, -0.25) is 4.57 Å². The summed E-state index contributed by atoms with van der Waals surface area (Å²) < 4.78 is 87.4. The van der Waals surface area contributed by atoms with Gasteiger partial charge in [0.1, 0.15) is 12.9 Å². The summed E-state index contributed by atoms with van der Waals surface area (Å²) in [6, 6.07) is 10.3.